The summed E-state index contributed by atoms with van der Waals surface area (Å²) < 4.78 is 15.6. The fourth-order valence-electron chi connectivity index (χ4n) is 2.43. The van der Waals surface area contributed by atoms with Gasteiger partial charge in [0.1, 0.15) is 0 Å². The Morgan fingerprint density at radius 3 is 2.77 bits per heavy atom. The average Bonchev–Trinajstić information content (AvgIpc) is 3.09. The number of fused-ring (bicyclic) bond motifs is 1. The lowest BCUT2D eigenvalue weighted by atomic mass is 10.1. The minimum Gasteiger partial charge on any atom is -0.454 e. The van der Waals surface area contributed by atoms with Gasteiger partial charge in [0.2, 0.25) is 6.79 Å². The highest BCUT2D eigenvalue weighted by molar-refractivity contribution is 6.33. The maximum Gasteiger partial charge on any atom is 0.338 e. The Kier molecular flexibility index (Phi) is 5.18. The molecule has 2 aromatic carbocycles. The van der Waals surface area contributed by atoms with Crippen molar-refractivity contribution in [3.63, 3.8) is 0 Å². The fraction of sp³-hybridized carbons (Fsp3) is 0.222. The molecule has 2 aromatic rings. The molecular formula is C18H17ClN2O5. The molecule has 3 N–H and O–H groups in total. The molecule has 1 aliphatic rings. The van der Waals surface area contributed by atoms with E-state index in [-0.39, 0.29) is 24.1 Å². The number of benzene rings is 2. The summed E-state index contributed by atoms with van der Waals surface area (Å²) in [7, 11) is 0. The monoisotopic (exact) mass is 376 g/mol. The maximum atomic E-state index is 12.0. The summed E-state index contributed by atoms with van der Waals surface area (Å²) in [6.07, 6.45) is 0. The standard InChI is InChI=1S/C18H17ClN2O5/c1-10(11-3-5-15-16(7-11)26-9-25-15)21-17(22)8-24-18(23)12-2-4-13(19)14(20)6-12/h2-7,10H,8-9,20H2,1H3,(H,21,22)/t10-/m0/s1. The van der Waals surface area contributed by atoms with Crippen molar-refractivity contribution in [2.45, 2.75) is 13.0 Å². The molecule has 0 unspecified atom stereocenters. The van der Waals surface area contributed by atoms with Crippen LogP contribution in [0.15, 0.2) is 36.4 Å². The molecule has 0 spiro atoms. The second-order valence-electron chi connectivity index (χ2n) is 5.71. The number of carbonyl (C=O) groups excluding carboxylic acids is 2. The highest BCUT2D eigenvalue weighted by Gasteiger charge is 2.18. The summed E-state index contributed by atoms with van der Waals surface area (Å²) in [5, 5.41) is 3.10. The zero-order chi connectivity index (χ0) is 18.7. The Balaban J connectivity index is 1.53. The molecule has 7 nitrogen and oxygen atoms in total. The van der Waals surface area contributed by atoms with E-state index in [0.29, 0.717) is 16.5 Å². The molecule has 136 valence electrons. The number of esters is 1. The van der Waals surface area contributed by atoms with Crippen LogP contribution < -0.4 is 20.5 Å². The smallest absolute Gasteiger partial charge is 0.338 e. The minimum absolute atomic E-state index is 0.185. The molecule has 0 radical (unpaired) electrons. The van der Waals surface area contributed by atoms with Crippen molar-refractivity contribution in [3.8, 4) is 11.5 Å². The van der Waals surface area contributed by atoms with Gasteiger partial charge in [0.25, 0.3) is 5.91 Å². The highest BCUT2D eigenvalue weighted by Crippen LogP contribution is 2.34. The number of hydrogen-bond donors (Lipinski definition) is 2. The third kappa shape index (κ3) is 4.00. The van der Waals surface area contributed by atoms with Gasteiger partial charge in [-0.3, -0.25) is 4.79 Å². The molecule has 0 saturated carbocycles. The van der Waals surface area contributed by atoms with Gasteiger partial charge in [0.15, 0.2) is 18.1 Å². The third-order valence-corrected chi connectivity index (χ3v) is 4.18. The zero-order valence-electron chi connectivity index (χ0n) is 14.0. The van der Waals surface area contributed by atoms with E-state index in [0.717, 1.165) is 5.56 Å². The summed E-state index contributed by atoms with van der Waals surface area (Å²) in [4.78, 5) is 24.0. The van der Waals surface area contributed by atoms with Gasteiger partial charge < -0.3 is 25.3 Å². The Bertz CT molecular complexity index is 855. The van der Waals surface area contributed by atoms with E-state index in [2.05, 4.69) is 5.32 Å². The summed E-state index contributed by atoms with van der Waals surface area (Å²) in [5.41, 5.74) is 6.98. The molecule has 0 bridgehead atoms. The molecule has 0 aromatic heterocycles. The molecule has 1 heterocycles. The van der Waals surface area contributed by atoms with Gasteiger partial charge >= 0.3 is 5.97 Å². The lowest BCUT2D eigenvalue weighted by molar-refractivity contribution is -0.124. The lowest BCUT2D eigenvalue weighted by Gasteiger charge is -2.15. The Morgan fingerprint density at radius 1 is 1.23 bits per heavy atom. The van der Waals surface area contributed by atoms with Crippen LogP contribution >= 0.6 is 11.6 Å². The topological polar surface area (TPSA) is 99.9 Å². The lowest BCUT2D eigenvalue weighted by Crippen LogP contribution is -2.31. The van der Waals surface area contributed by atoms with E-state index in [1.807, 2.05) is 13.0 Å². The molecule has 8 heteroatoms. The number of nitrogen functional groups attached to an aromatic ring is 1. The molecule has 0 fully saturated rings. The third-order valence-electron chi connectivity index (χ3n) is 3.84. The van der Waals surface area contributed by atoms with Gasteiger partial charge in [0.05, 0.1) is 22.3 Å². The normalized spacial score (nSPS) is 13.2. The number of rotatable bonds is 5. The minimum atomic E-state index is -0.653. The Hall–Kier alpha value is -2.93. The highest BCUT2D eigenvalue weighted by atomic mass is 35.5. The molecule has 26 heavy (non-hydrogen) atoms. The van der Waals surface area contributed by atoms with E-state index >= 15 is 0 Å². The van der Waals surface area contributed by atoms with Crippen LogP contribution in [0.5, 0.6) is 11.5 Å². The molecule has 0 aliphatic carbocycles. The molecule has 1 aliphatic heterocycles. The van der Waals surface area contributed by atoms with Crippen molar-refractivity contribution >= 4 is 29.2 Å². The van der Waals surface area contributed by atoms with E-state index in [1.165, 1.54) is 18.2 Å². The van der Waals surface area contributed by atoms with Crippen LogP contribution in [0.1, 0.15) is 28.9 Å². The number of amides is 1. The van der Waals surface area contributed by atoms with Gasteiger partial charge in [-0.15, -0.1) is 0 Å². The van der Waals surface area contributed by atoms with Crippen LogP contribution in [0.25, 0.3) is 0 Å². The predicted octanol–water partition coefficient (Wildman–Crippen LogP) is 2.69. The number of ether oxygens (including phenoxy) is 3. The number of anilines is 1. The fourth-order valence-corrected chi connectivity index (χ4v) is 2.55. The second-order valence-corrected chi connectivity index (χ2v) is 6.12. The van der Waals surface area contributed by atoms with Gasteiger partial charge in [-0.1, -0.05) is 17.7 Å². The van der Waals surface area contributed by atoms with Crippen LogP contribution in [-0.2, 0) is 9.53 Å². The van der Waals surface area contributed by atoms with Gasteiger partial charge in [-0.2, -0.15) is 0 Å². The van der Waals surface area contributed by atoms with Crippen molar-refractivity contribution < 1.29 is 23.8 Å². The van der Waals surface area contributed by atoms with Crippen molar-refractivity contribution in [2.24, 2.45) is 0 Å². The summed E-state index contributed by atoms with van der Waals surface area (Å²) in [5.74, 6) is 0.225. The van der Waals surface area contributed by atoms with Crippen LogP contribution in [-0.4, -0.2) is 25.3 Å². The SMILES string of the molecule is C[C@H](NC(=O)COC(=O)c1ccc(Cl)c(N)c1)c1ccc2c(c1)OCO2. The van der Waals surface area contributed by atoms with Gasteiger partial charge in [0, 0.05) is 0 Å². The first-order valence-electron chi connectivity index (χ1n) is 7.85. The number of carbonyl (C=O) groups is 2. The first-order chi connectivity index (χ1) is 12.4. The van der Waals surface area contributed by atoms with E-state index in [1.54, 1.807) is 12.1 Å². The average molecular weight is 377 g/mol. The van der Waals surface area contributed by atoms with Crippen molar-refractivity contribution in [3.05, 3.63) is 52.5 Å². The van der Waals surface area contributed by atoms with Crippen LogP contribution in [0.3, 0.4) is 0 Å². The van der Waals surface area contributed by atoms with Crippen LogP contribution in [0.2, 0.25) is 5.02 Å². The Labute approximate surface area is 155 Å². The van der Waals surface area contributed by atoms with Crippen molar-refractivity contribution in [1.29, 1.82) is 0 Å². The molecule has 1 atom stereocenters. The van der Waals surface area contributed by atoms with E-state index in [9.17, 15) is 9.59 Å². The first kappa shape index (κ1) is 17.9. The summed E-state index contributed by atoms with van der Waals surface area (Å²) >= 11 is 5.81. The number of nitrogens with one attached hydrogen (secondary N) is 1. The van der Waals surface area contributed by atoms with E-state index < -0.39 is 18.5 Å². The van der Waals surface area contributed by atoms with Gasteiger partial charge in [-0.05, 0) is 42.8 Å². The molecular weight excluding hydrogens is 360 g/mol. The number of halogens is 1. The first-order valence-corrected chi connectivity index (χ1v) is 8.23. The second kappa shape index (κ2) is 7.53. The quantitative estimate of drug-likeness (QED) is 0.614. The predicted molar refractivity (Wildman–Crippen MR) is 95.3 cm³/mol. The summed E-state index contributed by atoms with van der Waals surface area (Å²) in [6, 6.07) is 9.50. The van der Waals surface area contributed by atoms with E-state index in [4.69, 9.17) is 31.5 Å². The van der Waals surface area contributed by atoms with Gasteiger partial charge in [-0.25, -0.2) is 4.79 Å². The van der Waals surface area contributed by atoms with Crippen molar-refractivity contribution in [1.82, 2.24) is 5.32 Å². The largest absolute Gasteiger partial charge is 0.454 e. The molecule has 3 rings (SSSR count). The van der Waals surface area contributed by atoms with Crippen LogP contribution in [0.4, 0.5) is 5.69 Å². The number of nitrogens with two attached hydrogens (primary N) is 1. The molecule has 1 amide bonds. The Morgan fingerprint density at radius 2 is 2.00 bits per heavy atom. The summed E-state index contributed by atoms with van der Waals surface area (Å²) in [6.45, 7) is 1.60. The number of hydrogen-bond acceptors (Lipinski definition) is 6. The van der Waals surface area contributed by atoms with Crippen molar-refractivity contribution in [2.75, 3.05) is 19.1 Å². The molecule has 0 saturated heterocycles. The van der Waals surface area contributed by atoms with Crippen LogP contribution in [0, 0.1) is 0 Å². The maximum absolute atomic E-state index is 12.0. The zero-order valence-corrected chi connectivity index (χ0v) is 14.7.